The summed E-state index contributed by atoms with van der Waals surface area (Å²) >= 11 is 7.79. The predicted molar refractivity (Wildman–Crippen MR) is 121 cm³/mol. The minimum atomic E-state index is -3.38. The van der Waals surface area contributed by atoms with Crippen LogP contribution in [0.2, 0.25) is 5.02 Å². The Morgan fingerprint density at radius 1 is 1.09 bits per heavy atom. The molecule has 0 spiro atoms. The molecule has 1 aliphatic carbocycles. The summed E-state index contributed by atoms with van der Waals surface area (Å²) in [5.74, 6) is -2.02. The second-order valence-corrected chi connectivity index (χ2v) is 11.6. The van der Waals surface area contributed by atoms with Gasteiger partial charge in [0, 0.05) is 22.1 Å². The van der Waals surface area contributed by atoms with E-state index in [9.17, 15) is 22.8 Å². The Kier molecular flexibility index (Phi) is 6.47. The number of hydrogen-bond donors (Lipinski definition) is 0. The summed E-state index contributed by atoms with van der Waals surface area (Å²) in [7, 11) is -2.08. The van der Waals surface area contributed by atoms with Crippen molar-refractivity contribution in [2.45, 2.75) is 40.7 Å². The van der Waals surface area contributed by atoms with Crippen molar-refractivity contribution in [3.05, 3.63) is 58.1 Å². The van der Waals surface area contributed by atoms with E-state index in [1.165, 1.54) is 31.0 Å². The quantitative estimate of drug-likeness (QED) is 0.351. The maximum atomic E-state index is 13.5. The van der Waals surface area contributed by atoms with E-state index in [0.29, 0.717) is 35.3 Å². The number of sulfone groups is 1. The third-order valence-electron chi connectivity index (χ3n) is 5.91. The molecule has 0 aromatic heterocycles. The highest BCUT2D eigenvalue weighted by atomic mass is 35.5. The van der Waals surface area contributed by atoms with Crippen LogP contribution in [0.15, 0.2) is 46.2 Å². The lowest BCUT2D eigenvalue weighted by molar-refractivity contribution is -0.122. The van der Waals surface area contributed by atoms with Crippen LogP contribution in [0.25, 0.3) is 0 Å². The van der Waals surface area contributed by atoms with E-state index in [1.807, 2.05) is 0 Å². The molecule has 0 amide bonds. The highest BCUT2D eigenvalue weighted by molar-refractivity contribution is 8.00. The minimum Gasteiger partial charge on any atom is -0.465 e. The van der Waals surface area contributed by atoms with Crippen LogP contribution in [-0.4, -0.2) is 44.1 Å². The van der Waals surface area contributed by atoms with Gasteiger partial charge >= 0.3 is 5.97 Å². The number of carbonyl (C=O) groups excluding carboxylic acids is 3. The monoisotopic (exact) mass is 492 g/mol. The second kappa shape index (κ2) is 9.00. The van der Waals surface area contributed by atoms with Crippen LogP contribution in [0.5, 0.6) is 0 Å². The number of rotatable bonds is 5. The van der Waals surface area contributed by atoms with E-state index in [2.05, 4.69) is 0 Å². The Hall–Kier alpha value is -2.16. The molecule has 0 saturated heterocycles. The van der Waals surface area contributed by atoms with Gasteiger partial charge in [0.1, 0.15) is 5.78 Å². The Labute approximate surface area is 195 Å². The highest BCUT2D eigenvalue weighted by Crippen LogP contribution is 2.41. The molecule has 1 fully saturated rings. The molecule has 2 aromatic carbocycles. The summed E-state index contributed by atoms with van der Waals surface area (Å²) in [5.41, 5.74) is 1.00. The zero-order valence-electron chi connectivity index (χ0n) is 17.3. The van der Waals surface area contributed by atoms with Crippen LogP contribution < -0.4 is 0 Å². The highest BCUT2D eigenvalue weighted by Gasteiger charge is 2.40. The van der Waals surface area contributed by atoms with Crippen molar-refractivity contribution in [2.75, 3.05) is 12.9 Å². The number of Topliss-reactive ketones (excluding diaryl/α,β-unsaturated/α-hetero) is 2. The van der Waals surface area contributed by atoms with Gasteiger partial charge in [-0.25, -0.2) is 13.2 Å². The molecule has 9 heteroatoms. The Bertz CT molecular complexity index is 1220. The molecule has 2 aromatic rings. The van der Waals surface area contributed by atoms with Crippen molar-refractivity contribution < 1.29 is 27.5 Å². The number of hydrogen-bond acceptors (Lipinski definition) is 7. The smallest absolute Gasteiger partial charge is 0.338 e. The Balaban J connectivity index is 1.68. The first-order valence-electron chi connectivity index (χ1n) is 10.2. The number of methoxy groups -OCH3 is 1. The van der Waals surface area contributed by atoms with Crippen molar-refractivity contribution in [3.8, 4) is 0 Å². The summed E-state index contributed by atoms with van der Waals surface area (Å²) in [6.07, 6.45) is 1.82. The van der Waals surface area contributed by atoms with Crippen LogP contribution in [0.3, 0.4) is 0 Å². The number of fused-ring (bicyclic) bond motifs is 1. The third-order valence-corrected chi connectivity index (χ3v) is 9.55. The van der Waals surface area contributed by atoms with Gasteiger partial charge in [-0.05, 0) is 49.1 Å². The van der Waals surface area contributed by atoms with Gasteiger partial charge < -0.3 is 4.74 Å². The van der Waals surface area contributed by atoms with Crippen LogP contribution in [0.4, 0.5) is 0 Å². The van der Waals surface area contributed by atoms with Gasteiger partial charge in [-0.3, -0.25) is 9.59 Å². The number of esters is 1. The first-order valence-corrected chi connectivity index (χ1v) is 13.1. The van der Waals surface area contributed by atoms with Gasteiger partial charge in [0.25, 0.3) is 0 Å². The van der Waals surface area contributed by atoms with Crippen LogP contribution >= 0.6 is 23.4 Å². The normalized spacial score (nSPS) is 21.8. The van der Waals surface area contributed by atoms with Gasteiger partial charge in [-0.1, -0.05) is 23.7 Å². The lowest BCUT2D eigenvalue weighted by atomic mass is 9.82. The molecule has 0 N–H and O–H groups in total. The van der Waals surface area contributed by atoms with Crippen LogP contribution in [-0.2, 0) is 25.8 Å². The maximum absolute atomic E-state index is 13.5. The van der Waals surface area contributed by atoms with Gasteiger partial charge in [-0.2, -0.15) is 0 Å². The van der Waals surface area contributed by atoms with Crippen molar-refractivity contribution in [3.63, 3.8) is 0 Å². The third kappa shape index (κ3) is 4.11. The Morgan fingerprint density at radius 2 is 1.84 bits per heavy atom. The van der Waals surface area contributed by atoms with E-state index in [4.69, 9.17) is 16.3 Å². The number of ether oxygens (including phenoxy) is 1. The van der Waals surface area contributed by atoms with E-state index in [1.54, 1.807) is 24.3 Å². The molecular formula is C23H21ClO6S2. The molecule has 1 aliphatic heterocycles. The van der Waals surface area contributed by atoms with E-state index in [-0.39, 0.29) is 38.7 Å². The number of halogens is 1. The lowest BCUT2D eigenvalue weighted by Crippen LogP contribution is -2.37. The SMILES string of the molecule is COC(=O)c1ccccc1SC1CCCC(=O)C1C(=O)c1ccc2c(c1Cl)CCS2(=O)=O. The fourth-order valence-electron chi connectivity index (χ4n) is 4.29. The van der Waals surface area contributed by atoms with E-state index in [0.717, 1.165) is 0 Å². The number of benzene rings is 2. The molecule has 32 heavy (non-hydrogen) atoms. The van der Waals surface area contributed by atoms with Crippen molar-refractivity contribution in [2.24, 2.45) is 5.92 Å². The summed E-state index contributed by atoms with van der Waals surface area (Å²) in [5, 5.41) is -0.256. The molecule has 4 rings (SSSR count). The first kappa shape index (κ1) is 23.0. The fourth-order valence-corrected chi connectivity index (χ4v) is 7.71. The largest absolute Gasteiger partial charge is 0.465 e. The molecule has 0 radical (unpaired) electrons. The zero-order chi connectivity index (χ0) is 23.0. The van der Waals surface area contributed by atoms with Crippen LogP contribution in [0.1, 0.15) is 45.5 Å². The second-order valence-electron chi connectivity index (χ2n) is 7.82. The topological polar surface area (TPSA) is 94.6 Å². The van der Waals surface area contributed by atoms with Crippen molar-refractivity contribution in [1.82, 2.24) is 0 Å². The van der Waals surface area contributed by atoms with Gasteiger partial charge in [-0.15, -0.1) is 11.8 Å². The van der Waals surface area contributed by atoms with Crippen molar-refractivity contribution >= 4 is 50.7 Å². The van der Waals surface area contributed by atoms with Gasteiger partial charge in [0.05, 0.1) is 34.3 Å². The molecule has 1 heterocycles. The molecule has 2 unspecified atom stereocenters. The molecule has 2 aliphatic rings. The zero-order valence-corrected chi connectivity index (χ0v) is 19.7. The summed E-state index contributed by atoms with van der Waals surface area (Å²) in [6.45, 7) is 0. The molecule has 6 nitrogen and oxygen atoms in total. The number of thioether (sulfide) groups is 1. The Morgan fingerprint density at radius 3 is 2.59 bits per heavy atom. The average molecular weight is 493 g/mol. The van der Waals surface area contributed by atoms with E-state index >= 15 is 0 Å². The summed E-state index contributed by atoms with van der Waals surface area (Å²) in [6, 6.07) is 9.76. The van der Waals surface area contributed by atoms with Gasteiger partial charge in [0.15, 0.2) is 15.6 Å². The molecular weight excluding hydrogens is 472 g/mol. The first-order chi connectivity index (χ1) is 15.2. The standard InChI is InChI=1S/C23H21ClO6S2/c1-30-23(27)13-5-2-3-7-17(13)31-18-8-4-6-16(25)20(18)22(26)15-9-10-19-14(21(15)24)11-12-32(19,28)29/h2-3,5,7,9-10,18,20H,4,6,8,11-12H2,1H3. The maximum Gasteiger partial charge on any atom is 0.338 e. The molecule has 1 saturated carbocycles. The molecule has 168 valence electrons. The van der Waals surface area contributed by atoms with Crippen LogP contribution in [0, 0.1) is 5.92 Å². The average Bonchev–Trinajstić information content (AvgIpc) is 3.09. The number of carbonyl (C=O) groups is 3. The minimum absolute atomic E-state index is 0.0369. The van der Waals surface area contributed by atoms with Crippen molar-refractivity contribution in [1.29, 1.82) is 0 Å². The molecule has 0 bridgehead atoms. The lowest BCUT2D eigenvalue weighted by Gasteiger charge is -2.29. The predicted octanol–water partition coefficient (Wildman–Crippen LogP) is 4.17. The number of ketones is 2. The van der Waals surface area contributed by atoms with E-state index < -0.39 is 27.5 Å². The fraction of sp³-hybridized carbons (Fsp3) is 0.348. The summed E-state index contributed by atoms with van der Waals surface area (Å²) in [4.78, 5) is 39.3. The van der Waals surface area contributed by atoms with Gasteiger partial charge in [0.2, 0.25) is 0 Å². The molecule has 2 atom stereocenters. The summed E-state index contributed by atoms with van der Waals surface area (Å²) < 4.78 is 29.2.